The standard InChI is InChI=1S/C11H18O/c1-8-6-11(3,4)7-10(8)5-9(2)12/h5,8H,6-7H2,1-4H3. The molecule has 1 heteroatoms. The number of ketones is 1. The monoisotopic (exact) mass is 166 g/mol. The van der Waals surface area contributed by atoms with Gasteiger partial charge in [0.05, 0.1) is 0 Å². The van der Waals surface area contributed by atoms with E-state index in [9.17, 15) is 4.79 Å². The Morgan fingerprint density at radius 2 is 2.17 bits per heavy atom. The van der Waals surface area contributed by atoms with Gasteiger partial charge in [0, 0.05) is 0 Å². The Balaban J connectivity index is 2.77. The molecule has 0 bridgehead atoms. The third-order valence-electron chi connectivity index (χ3n) is 2.56. The molecule has 1 aliphatic carbocycles. The molecule has 1 saturated carbocycles. The van der Waals surface area contributed by atoms with Crippen molar-refractivity contribution in [1.29, 1.82) is 0 Å². The number of hydrogen-bond donors (Lipinski definition) is 0. The molecular weight excluding hydrogens is 148 g/mol. The highest BCUT2D eigenvalue weighted by Gasteiger charge is 2.32. The molecular formula is C11H18O. The second-order valence-corrected chi connectivity index (χ2v) is 4.78. The van der Waals surface area contributed by atoms with Crippen LogP contribution in [-0.2, 0) is 4.79 Å². The maximum atomic E-state index is 10.9. The van der Waals surface area contributed by atoms with Gasteiger partial charge in [-0.25, -0.2) is 0 Å². The first-order valence-electron chi connectivity index (χ1n) is 4.62. The van der Waals surface area contributed by atoms with Crippen molar-refractivity contribution in [2.75, 3.05) is 0 Å². The van der Waals surface area contributed by atoms with Crippen LogP contribution in [0, 0.1) is 11.3 Å². The van der Waals surface area contributed by atoms with Crippen LogP contribution < -0.4 is 0 Å². The van der Waals surface area contributed by atoms with Gasteiger partial charge in [-0.15, -0.1) is 0 Å². The number of carbonyl (C=O) groups excluding carboxylic acids is 1. The fraction of sp³-hybridized carbons (Fsp3) is 0.727. The summed E-state index contributed by atoms with van der Waals surface area (Å²) in [5.74, 6) is 0.790. The van der Waals surface area contributed by atoms with Crippen LogP contribution in [0.2, 0.25) is 0 Å². The van der Waals surface area contributed by atoms with Gasteiger partial charge in [0.1, 0.15) is 0 Å². The second kappa shape index (κ2) is 3.04. The summed E-state index contributed by atoms with van der Waals surface area (Å²) in [4.78, 5) is 10.9. The zero-order valence-electron chi connectivity index (χ0n) is 8.48. The Kier molecular flexibility index (Phi) is 2.41. The van der Waals surface area contributed by atoms with Crippen molar-refractivity contribution in [1.82, 2.24) is 0 Å². The molecule has 0 aromatic carbocycles. The van der Waals surface area contributed by atoms with E-state index in [1.807, 2.05) is 6.08 Å². The van der Waals surface area contributed by atoms with Gasteiger partial charge in [0.25, 0.3) is 0 Å². The van der Waals surface area contributed by atoms with Crippen LogP contribution in [0.5, 0.6) is 0 Å². The topological polar surface area (TPSA) is 17.1 Å². The van der Waals surface area contributed by atoms with Gasteiger partial charge < -0.3 is 0 Å². The van der Waals surface area contributed by atoms with Crippen molar-refractivity contribution in [3.63, 3.8) is 0 Å². The van der Waals surface area contributed by atoms with Gasteiger partial charge in [-0.3, -0.25) is 4.79 Å². The summed E-state index contributed by atoms with van der Waals surface area (Å²) < 4.78 is 0. The molecule has 0 saturated heterocycles. The van der Waals surface area contributed by atoms with E-state index in [1.54, 1.807) is 6.92 Å². The predicted molar refractivity (Wildman–Crippen MR) is 50.9 cm³/mol. The molecule has 0 radical (unpaired) electrons. The molecule has 0 aromatic heterocycles. The van der Waals surface area contributed by atoms with Gasteiger partial charge in [0.2, 0.25) is 0 Å². The van der Waals surface area contributed by atoms with E-state index in [0.29, 0.717) is 11.3 Å². The Morgan fingerprint density at radius 3 is 2.50 bits per heavy atom. The predicted octanol–water partition coefficient (Wildman–Crippen LogP) is 2.96. The molecule has 1 atom stereocenters. The Morgan fingerprint density at radius 1 is 1.58 bits per heavy atom. The van der Waals surface area contributed by atoms with Gasteiger partial charge in [-0.05, 0) is 37.2 Å². The molecule has 0 aliphatic heterocycles. The first-order chi connectivity index (χ1) is 5.41. The van der Waals surface area contributed by atoms with E-state index in [2.05, 4.69) is 20.8 Å². The third-order valence-corrected chi connectivity index (χ3v) is 2.56. The molecule has 0 spiro atoms. The summed E-state index contributed by atoms with van der Waals surface area (Å²) in [5, 5.41) is 0. The normalized spacial score (nSPS) is 31.0. The fourth-order valence-electron chi connectivity index (χ4n) is 2.21. The molecule has 0 amide bonds. The number of rotatable bonds is 1. The van der Waals surface area contributed by atoms with Crippen molar-refractivity contribution in [3.8, 4) is 0 Å². The van der Waals surface area contributed by atoms with Crippen LogP contribution in [0.15, 0.2) is 11.6 Å². The van der Waals surface area contributed by atoms with Gasteiger partial charge in [-0.1, -0.05) is 26.3 Å². The minimum absolute atomic E-state index is 0.189. The van der Waals surface area contributed by atoms with Gasteiger partial charge >= 0.3 is 0 Å². The zero-order chi connectivity index (χ0) is 9.35. The van der Waals surface area contributed by atoms with E-state index in [-0.39, 0.29) is 5.78 Å². The average molecular weight is 166 g/mol. The lowest BCUT2D eigenvalue weighted by molar-refractivity contribution is -0.112. The highest BCUT2D eigenvalue weighted by atomic mass is 16.1. The Hall–Kier alpha value is -0.590. The molecule has 1 nitrogen and oxygen atoms in total. The van der Waals surface area contributed by atoms with E-state index in [1.165, 1.54) is 12.0 Å². The lowest BCUT2D eigenvalue weighted by atomic mass is 9.91. The molecule has 0 N–H and O–H groups in total. The van der Waals surface area contributed by atoms with Crippen LogP contribution in [0.3, 0.4) is 0 Å². The average Bonchev–Trinajstić information content (AvgIpc) is 2.03. The van der Waals surface area contributed by atoms with Crippen LogP contribution >= 0.6 is 0 Å². The first-order valence-corrected chi connectivity index (χ1v) is 4.62. The number of hydrogen-bond acceptors (Lipinski definition) is 1. The lowest BCUT2D eigenvalue weighted by Gasteiger charge is -2.14. The molecule has 1 unspecified atom stereocenters. The van der Waals surface area contributed by atoms with Crippen molar-refractivity contribution < 1.29 is 4.79 Å². The molecule has 0 heterocycles. The van der Waals surface area contributed by atoms with Crippen molar-refractivity contribution in [2.45, 2.75) is 40.5 Å². The zero-order valence-corrected chi connectivity index (χ0v) is 8.48. The van der Waals surface area contributed by atoms with E-state index >= 15 is 0 Å². The molecule has 1 rings (SSSR count). The summed E-state index contributed by atoms with van der Waals surface area (Å²) in [6.07, 6.45) is 4.12. The van der Waals surface area contributed by atoms with E-state index in [4.69, 9.17) is 0 Å². The fourth-order valence-corrected chi connectivity index (χ4v) is 2.21. The molecule has 1 fully saturated rings. The number of carbonyl (C=O) groups is 1. The van der Waals surface area contributed by atoms with E-state index < -0.39 is 0 Å². The quantitative estimate of drug-likeness (QED) is 0.547. The maximum absolute atomic E-state index is 10.9. The molecule has 0 aromatic rings. The van der Waals surface area contributed by atoms with Crippen molar-refractivity contribution >= 4 is 5.78 Å². The summed E-state index contributed by atoms with van der Waals surface area (Å²) in [6, 6.07) is 0. The van der Waals surface area contributed by atoms with Crippen LogP contribution in [-0.4, -0.2) is 5.78 Å². The highest BCUT2D eigenvalue weighted by Crippen LogP contribution is 2.44. The summed E-state index contributed by atoms with van der Waals surface area (Å²) in [5.41, 5.74) is 1.74. The third kappa shape index (κ3) is 2.20. The van der Waals surface area contributed by atoms with Gasteiger partial charge in [-0.2, -0.15) is 0 Å². The van der Waals surface area contributed by atoms with Crippen LogP contribution in [0.4, 0.5) is 0 Å². The SMILES string of the molecule is CC(=O)C=C1CC(C)(C)CC1C. The van der Waals surface area contributed by atoms with Crippen LogP contribution in [0.25, 0.3) is 0 Å². The van der Waals surface area contributed by atoms with Gasteiger partial charge in [0.15, 0.2) is 5.78 Å². The Labute approximate surface area is 74.9 Å². The summed E-state index contributed by atoms with van der Waals surface area (Å²) in [6.45, 7) is 8.38. The largest absolute Gasteiger partial charge is 0.295 e. The minimum Gasteiger partial charge on any atom is -0.295 e. The highest BCUT2D eigenvalue weighted by molar-refractivity contribution is 5.88. The molecule has 68 valence electrons. The van der Waals surface area contributed by atoms with Crippen molar-refractivity contribution in [2.24, 2.45) is 11.3 Å². The lowest BCUT2D eigenvalue weighted by Crippen LogP contribution is -2.03. The molecule has 12 heavy (non-hydrogen) atoms. The second-order valence-electron chi connectivity index (χ2n) is 4.78. The van der Waals surface area contributed by atoms with Crippen LogP contribution in [0.1, 0.15) is 40.5 Å². The smallest absolute Gasteiger partial charge is 0.152 e. The summed E-state index contributed by atoms with van der Waals surface area (Å²) >= 11 is 0. The number of allylic oxidation sites excluding steroid dienone is 2. The Bertz CT molecular complexity index is 223. The molecule has 1 aliphatic rings. The maximum Gasteiger partial charge on any atom is 0.152 e. The first kappa shape index (κ1) is 9.50. The minimum atomic E-state index is 0.189. The summed E-state index contributed by atoms with van der Waals surface area (Å²) in [7, 11) is 0. The van der Waals surface area contributed by atoms with E-state index in [0.717, 1.165) is 6.42 Å². The van der Waals surface area contributed by atoms with Crippen molar-refractivity contribution in [3.05, 3.63) is 11.6 Å².